The maximum atomic E-state index is 6.01. The van der Waals surface area contributed by atoms with E-state index in [0.29, 0.717) is 12.5 Å². The SMILES string of the molecule is COc1cc2c(cc1OC)CN(CCN=C(N)Nc1cccc(C)c1)CC2. The van der Waals surface area contributed by atoms with E-state index in [1.54, 1.807) is 14.2 Å². The van der Waals surface area contributed by atoms with Gasteiger partial charge >= 0.3 is 0 Å². The van der Waals surface area contributed by atoms with E-state index in [9.17, 15) is 0 Å². The third kappa shape index (κ3) is 4.92. The molecule has 0 spiro atoms. The molecule has 0 amide bonds. The van der Waals surface area contributed by atoms with Crippen molar-refractivity contribution >= 4 is 11.6 Å². The number of nitrogens with two attached hydrogens (primary N) is 1. The summed E-state index contributed by atoms with van der Waals surface area (Å²) in [6.07, 6.45) is 0.996. The van der Waals surface area contributed by atoms with Gasteiger partial charge in [0.2, 0.25) is 0 Å². The molecule has 0 radical (unpaired) electrons. The van der Waals surface area contributed by atoms with Gasteiger partial charge in [-0.3, -0.25) is 9.89 Å². The van der Waals surface area contributed by atoms with Gasteiger partial charge in [-0.1, -0.05) is 12.1 Å². The Morgan fingerprint density at radius 1 is 1.15 bits per heavy atom. The van der Waals surface area contributed by atoms with E-state index in [0.717, 1.165) is 43.2 Å². The van der Waals surface area contributed by atoms with E-state index in [2.05, 4.69) is 40.3 Å². The fourth-order valence-corrected chi connectivity index (χ4v) is 3.35. The summed E-state index contributed by atoms with van der Waals surface area (Å²) >= 11 is 0. The average Bonchev–Trinajstić information content (AvgIpc) is 2.66. The van der Waals surface area contributed by atoms with Crippen LogP contribution in [0.3, 0.4) is 0 Å². The van der Waals surface area contributed by atoms with E-state index in [4.69, 9.17) is 15.2 Å². The van der Waals surface area contributed by atoms with Crippen LogP contribution in [0.4, 0.5) is 5.69 Å². The van der Waals surface area contributed by atoms with Gasteiger partial charge in [-0.15, -0.1) is 0 Å². The van der Waals surface area contributed by atoms with Crippen molar-refractivity contribution in [3.8, 4) is 11.5 Å². The predicted octanol–water partition coefficient (Wildman–Crippen LogP) is 2.80. The Labute approximate surface area is 161 Å². The lowest BCUT2D eigenvalue weighted by molar-refractivity contribution is 0.260. The molecule has 0 fully saturated rings. The molecule has 2 aromatic rings. The summed E-state index contributed by atoms with van der Waals surface area (Å²) in [6.45, 7) is 5.47. The number of ether oxygens (including phenoxy) is 2. The number of fused-ring (bicyclic) bond motifs is 1. The van der Waals surface area contributed by atoms with Crippen LogP contribution in [0.1, 0.15) is 16.7 Å². The lowest BCUT2D eigenvalue weighted by Gasteiger charge is -2.29. The Bertz CT molecular complexity index is 820. The van der Waals surface area contributed by atoms with Gasteiger partial charge in [0, 0.05) is 25.3 Å². The van der Waals surface area contributed by atoms with Gasteiger partial charge in [-0.2, -0.15) is 0 Å². The van der Waals surface area contributed by atoms with Crippen molar-refractivity contribution in [2.75, 3.05) is 39.2 Å². The molecule has 6 heteroatoms. The Hall–Kier alpha value is -2.73. The van der Waals surface area contributed by atoms with Crippen LogP contribution in [0.2, 0.25) is 0 Å². The highest BCUT2D eigenvalue weighted by Crippen LogP contribution is 2.33. The third-order valence-corrected chi connectivity index (χ3v) is 4.79. The number of hydrogen-bond acceptors (Lipinski definition) is 4. The molecule has 3 N–H and O–H groups in total. The van der Waals surface area contributed by atoms with Crippen LogP contribution in [-0.2, 0) is 13.0 Å². The van der Waals surface area contributed by atoms with Crippen molar-refractivity contribution in [3.05, 3.63) is 53.1 Å². The molecule has 1 heterocycles. The second-order valence-electron chi connectivity index (χ2n) is 6.76. The maximum absolute atomic E-state index is 6.01. The van der Waals surface area contributed by atoms with Crippen molar-refractivity contribution < 1.29 is 9.47 Å². The number of aliphatic imine (C=N–C) groups is 1. The van der Waals surface area contributed by atoms with Gasteiger partial charge in [0.1, 0.15) is 0 Å². The molecule has 0 unspecified atom stereocenters. The molecule has 144 valence electrons. The topological polar surface area (TPSA) is 72.1 Å². The zero-order valence-electron chi connectivity index (χ0n) is 16.3. The first-order chi connectivity index (χ1) is 13.1. The number of guanidine groups is 1. The number of nitrogens with one attached hydrogen (secondary N) is 1. The van der Waals surface area contributed by atoms with Crippen molar-refractivity contribution in [1.82, 2.24) is 4.90 Å². The van der Waals surface area contributed by atoms with Gasteiger partial charge in [0.05, 0.1) is 20.8 Å². The van der Waals surface area contributed by atoms with Crippen LogP contribution in [0.15, 0.2) is 41.4 Å². The maximum Gasteiger partial charge on any atom is 0.193 e. The van der Waals surface area contributed by atoms with Crippen LogP contribution in [-0.4, -0.2) is 44.7 Å². The van der Waals surface area contributed by atoms with Gasteiger partial charge in [0.25, 0.3) is 0 Å². The van der Waals surface area contributed by atoms with E-state index >= 15 is 0 Å². The number of rotatable bonds is 6. The highest BCUT2D eigenvalue weighted by atomic mass is 16.5. The van der Waals surface area contributed by atoms with Crippen LogP contribution in [0.25, 0.3) is 0 Å². The summed E-state index contributed by atoms with van der Waals surface area (Å²) in [5.74, 6) is 2.02. The summed E-state index contributed by atoms with van der Waals surface area (Å²) in [5.41, 5.74) is 10.8. The Balaban J connectivity index is 1.55. The Morgan fingerprint density at radius 3 is 2.59 bits per heavy atom. The molecule has 0 bridgehead atoms. The monoisotopic (exact) mass is 368 g/mol. The minimum atomic E-state index is 0.449. The molecule has 0 atom stereocenters. The average molecular weight is 368 g/mol. The zero-order chi connectivity index (χ0) is 19.2. The summed E-state index contributed by atoms with van der Waals surface area (Å²) in [5, 5.41) is 3.14. The normalized spacial score (nSPS) is 14.6. The number of benzene rings is 2. The smallest absolute Gasteiger partial charge is 0.193 e. The fraction of sp³-hybridized carbons (Fsp3) is 0.381. The zero-order valence-corrected chi connectivity index (χ0v) is 16.3. The predicted molar refractivity (Wildman–Crippen MR) is 110 cm³/mol. The van der Waals surface area contributed by atoms with Crippen molar-refractivity contribution in [2.45, 2.75) is 19.9 Å². The minimum absolute atomic E-state index is 0.449. The molecule has 0 saturated heterocycles. The summed E-state index contributed by atoms with van der Waals surface area (Å²) in [6, 6.07) is 12.3. The number of methoxy groups -OCH3 is 2. The molecule has 0 aromatic heterocycles. The fourth-order valence-electron chi connectivity index (χ4n) is 3.35. The molecule has 3 rings (SSSR count). The van der Waals surface area contributed by atoms with Crippen LogP contribution < -0.4 is 20.5 Å². The largest absolute Gasteiger partial charge is 0.493 e. The summed E-state index contributed by atoms with van der Waals surface area (Å²) in [4.78, 5) is 6.84. The van der Waals surface area contributed by atoms with Crippen molar-refractivity contribution in [1.29, 1.82) is 0 Å². The number of anilines is 1. The summed E-state index contributed by atoms with van der Waals surface area (Å²) < 4.78 is 10.8. The Kier molecular flexibility index (Phi) is 6.19. The van der Waals surface area contributed by atoms with Crippen LogP contribution in [0, 0.1) is 6.92 Å². The van der Waals surface area contributed by atoms with E-state index in [1.165, 1.54) is 16.7 Å². The van der Waals surface area contributed by atoms with Crippen LogP contribution in [0.5, 0.6) is 11.5 Å². The standard InChI is InChI=1S/C21H28N4O2/c1-15-5-4-6-18(11-15)24-21(22)23-8-10-25-9-7-16-12-19(26-2)20(27-3)13-17(16)14-25/h4-6,11-13H,7-10,14H2,1-3H3,(H3,22,23,24). The number of nitrogens with zero attached hydrogens (tertiary/aromatic N) is 2. The summed E-state index contributed by atoms with van der Waals surface area (Å²) in [7, 11) is 3.34. The second kappa shape index (κ2) is 8.77. The minimum Gasteiger partial charge on any atom is -0.493 e. The number of hydrogen-bond donors (Lipinski definition) is 2. The number of aryl methyl sites for hydroxylation is 1. The lowest BCUT2D eigenvalue weighted by atomic mass is 9.99. The molecule has 2 aromatic carbocycles. The highest BCUT2D eigenvalue weighted by Gasteiger charge is 2.19. The van der Waals surface area contributed by atoms with Gasteiger partial charge < -0.3 is 20.5 Å². The molecule has 1 aliphatic heterocycles. The first-order valence-corrected chi connectivity index (χ1v) is 9.19. The quantitative estimate of drug-likeness (QED) is 0.606. The van der Waals surface area contributed by atoms with E-state index < -0.39 is 0 Å². The Morgan fingerprint density at radius 2 is 1.89 bits per heavy atom. The highest BCUT2D eigenvalue weighted by molar-refractivity contribution is 5.92. The molecule has 1 aliphatic rings. The van der Waals surface area contributed by atoms with Crippen LogP contribution >= 0.6 is 0 Å². The molecule has 0 aliphatic carbocycles. The lowest BCUT2D eigenvalue weighted by Crippen LogP contribution is -2.33. The van der Waals surface area contributed by atoms with Gasteiger partial charge in [0.15, 0.2) is 17.5 Å². The molecule has 0 saturated carbocycles. The molecule has 27 heavy (non-hydrogen) atoms. The second-order valence-corrected chi connectivity index (χ2v) is 6.76. The third-order valence-electron chi connectivity index (χ3n) is 4.79. The van der Waals surface area contributed by atoms with Crippen molar-refractivity contribution in [3.63, 3.8) is 0 Å². The first-order valence-electron chi connectivity index (χ1n) is 9.19. The van der Waals surface area contributed by atoms with Gasteiger partial charge in [-0.05, 0) is 54.3 Å². The van der Waals surface area contributed by atoms with Crippen molar-refractivity contribution in [2.24, 2.45) is 10.7 Å². The van der Waals surface area contributed by atoms with E-state index in [-0.39, 0.29) is 0 Å². The molecular formula is C21H28N4O2. The first kappa shape index (κ1) is 19.0. The molecule has 6 nitrogen and oxygen atoms in total. The van der Waals surface area contributed by atoms with E-state index in [1.807, 2.05) is 18.2 Å². The molecular weight excluding hydrogens is 340 g/mol. The van der Waals surface area contributed by atoms with Gasteiger partial charge in [-0.25, -0.2) is 0 Å².